The van der Waals surface area contributed by atoms with Crippen LogP contribution in [-0.4, -0.2) is 37.1 Å². The van der Waals surface area contributed by atoms with Crippen LogP contribution in [0.2, 0.25) is 0 Å². The van der Waals surface area contributed by atoms with Crippen LogP contribution in [0, 0.1) is 17.2 Å². The van der Waals surface area contributed by atoms with Crippen molar-refractivity contribution in [1.29, 1.82) is 5.26 Å². The summed E-state index contributed by atoms with van der Waals surface area (Å²) in [5.74, 6) is 0.927. The van der Waals surface area contributed by atoms with Crippen molar-refractivity contribution in [3.05, 3.63) is 0 Å². The van der Waals surface area contributed by atoms with E-state index in [1.54, 1.807) is 0 Å². The molecule has 0 aromatic rings. The fraction of sp³-hybridized carbons (Fsp3) is 0.923. The predicted octanol–water partition coefficient (Wildman–Crippen LogP) is 2.00. The molecule has 2 atom stereocenters. The fourth-order valence-corrected chi connectivity index (χ4v) is 2.06. The van der Waals surface area contributed by atoms with Gasteiger partial charge in [0.15, 0.2) is 0 Å². The fourth-order valence-electron chi connectivity index (χ4n) is 2.06. The maximum Gasteiger partial charge on any atom is 0.103 e. The first-order valence-corrected chi connectivity index (χ1v) is 6.33. The highest BCUT2D eigenvalue weighted by Gasteiger charge is 2.30. The Labute approximate surface area is 99.8 Å². The van der Waals surface area contributed by atoms with Crippen molar-refractivity contribution in [2.75, 3.05) is 20.6 Å². The molecule has 1 N–H and O–H groups in total. The molecular weight excluding hydrogens is 198 g/mol. The summed E-state index contributed by atoms with van der Waals surface area (Å²) in [6.07, 6.45) is 4.80. The molecule has 1 fully saturated rings. The number of nitrogens with one attached hydrogen (secondary N) is 1. The summed E-state index contributed by atoms with van der Waals surface area (Å²) in [4.78, 5) is 2.44. The Morgan fingerprint density at radius 3 is 2.62 bits per heavy atom. The topological polar surface area (TPSA) is 39.1 Å². The molecule has 0 aromatic carbocycles. The Bertz CT molecular complexity index is 254. The van der Waals surface area contributed by atoms with Gasteiger partial charge >= 0.3 is 0 Å². The third-order valence-corrected chi connectivity index (χ3v) is 3.99. The molecule has 3 nitrogen and oxygen atoms in total. The van der Waals surface area contributed by atoms with E-state index < -0.39 is 0 Å². The van der Waals surface area contributed by atoms with E-state index in [2.05, 4.69) is 30.3 Å². The van der Waals surface area contributed by atoms with Crippen molar-refractivity contribution in [2.45, 2.75) is 51.1 Å². The minimum absolute atomic E-state index is 0.357. The molecule has 0 heterocycles. The van der Waals surface area contributed by atoms with Gasteiger partial charge in [-0.1, -0.05) is 0 Å². The van der Waals surface area contributed by atoms with Crippen LogP contribution in [-0.2, 0) is 0 Å². The van der Waals surface area contributed by atoms with Crippen LogP contribution in [0.4, 0.5) is 0 Å². The summed E-state index contributed by atoms with van der Waals surface area (Å²) in [5, 5.41) is 12.1. The van der Waals surface area contributed by atoms with Gasteiger partial charge in [-0.25, -0.2) is 0 Å². The first-order chi connectivity index (χ1) is 7.52. The molecule has 0 saturated heterocycles. The van der Waals surface area contributed by atoms with Crippen LogP contribution in [0.3, 0.4) is 0 Å². The third-order valence-electron chi connectivity index (χ3n) is 3.99. The van der Waals surface area contributed by atoms with Gasteiger partial charge in [0.05, 0.1) is 6.07 Å². The van der Waals surface area contributed by atoms with Gasteiger partial charge in [0.2, 0.25) is 0 Å². The normalized spacial score (nSPS) is 21.5. The van der Waals surface area contributed by atoms with Gasteiger partial charge in [0.1, 0.15) is 5.54 Å². The summed E-state index contributed by atoms with van der Waals surface area (Å²) in [7, 11) is 4.06. The standard InChI is InChI=1S/C13H25N3/c1-11(12-6-7-12)16(4)9-5-8-13(2,10-14)15-3/h11-12,15H,5-9H2,1-4H3. The first-order valence-electron chi connectivity index (χ1n) is 6.33. The molecule has 1 aliphatic carbocycles. The Kier molecular flexibility index (Phi) is 4.76. The largest absolute Gasteiger partial charge is 0.303 e. The number of nitrogens with zero attached hydrogens (tertiary/aromatic N) is 2. The molecule has 0 spiro atoms. The zero-order valence-corrected chi connectivity index (χ0v) is 11.1. The predicted molar refractivity (Wildman–Crippen MR) is 67.1 cm³/mol. The summed E-state index contributed by atoms with van der Waals surface area (Å²) >= 11 is 0. The van der Waals surface area contributed by atoms with Crippen molar-refractivity contribution >= 4 is 0 Å². The lowest BCUT2D eigenvalue weighted by Gasteiger charge is -2.26. The second kappa shape index (κ2) is 5.65. The Hall–Kier alpha value is -0.590. The number of hydrogen-bond donors (Lipinski definition) is 1. The summed E-state index contributed by atoms with van der Waals surface area (Å²) in [6, 6.07) is 3.05. The molecule has 0 aromatic heterocycles. The molecule has 0 aliphatic heterocycles. The van der Waals surface area contributed by atoms with Crippen molar-refractivity contribution in [3.63, 3.8) is 0 Å². The van der Waals surface area contributed by atoms with Crippen molar-refractivity contribution in [1.82, 2.24) is 10.2 Å². The molecule has 92 valence electrons. The summed E-state index contributed by atoms with van der Waals surface area (Å²) in [6.45, 7) is 5.38. The highest BCUT2D eigenvalue weighted by Crippen LogP contribution is 2.34. The van der Waals surface area contributed by atoms with Crippen LogP contribution in [0.5, 0.6) is 0 Å². The monoisotopic (exact) mass is 223 g/mol. The summed E-state index contributed by atoms with van der Waals surface area (Å²) < 4.78 is 0. The maximum absolute atomic E-state index is 9.03. The van der Waals surface area contributed by atoms with E-state index in [4.69, 9.17) is 5.26 Å². The molecule has 1 rings (SSSR count). The van der Waals surface area contributed by atoms with Crippen molar-refractivity contribution in [2.24, 2.45) is 5.92 Å². The zero-order chi connectivity index (χ0) is 12.2. The van der Waals surface area contributed by atoms with Crippen molar-refractivity contribution in [3.8, 4) is 6.07 Å². The van der Waals surface area contributed by atoms with Crippen LogP contribution in [0.1, 0.15) is 39.5 Å². The number of hydrogen-bond acceptors (Lipinski definition) is 3. The van der Waals surface area contributed by atoms with Crippen molar-refractivity contribution < 1.29 is 0 Å². The smallest absolute Gasteiger partial charge is 0.103 e. The molecule has 0 bridgehead atoms. The maximum atomic E-state index is 9.03. The number of rotatable bonds is 7. The van der Waals surface area contributed by atoms with Gasteiger partial charge in [0.25, 0.3) is 0 Å². The van der Waals surface area contributed by atoms with Gasteiger partial charge in [-0.3, -0.25) is 0 Å². The quantitative estimate of drug-likeness (QED) is 0.717. The second-order valence-corrected chi connectivity index (χ2v) is 5.36. The summed E-state index contributed by atoms with van der Waals surface area (Å²) in [5.41, 5.74) is -0.357. The van der Waals surface area contributed by atoms with Crippen LogP contribution in [0.15, 0.2) is 0 Å². The zero-order valence-electron chi connectivity index (χ0n) is 11.1. The molecule has 3 heteroatoms. The molecule has 0 amide bonds. The third kappa shape index (κ3) is 3.77. The highest BCUT2D eigenvalue weighted by atomic mass is 15.1. The Morgan fingerprint density at radius 1 is 1.56 bits per heavy atom. The Morgan fingerprint density at radius 2 is 2.19 bits per heavy atom. The average molecular weight is 223 g/mol. The van der Waals surface area contributed by atoms with Gasteiger partial charge in [-0.2, -0.15) is 5.26 Å². The molecule has 0 radical (unpaired) electrons. The Balaban J connectivity index is 2.21. The second-order valence-electron chi connectivity index (χ2n) is 5.36. The number of nitriles is 1. The van der Waals surface area contributed by atoms with Gasteiger partial charge < -0.3 is 10.2 Å². The van der Waals surface area contributed by atoms with E-state index in [0.29, 0.717) is 6.04 Å². The lowest BCUT2D eigenvalue weighted by atomic mass is 9.98. The lowest BCUT2D eigenvalue weighted by Crippen LogP contribution is -2.39. The van der Waals surface area contributed by atoms with Crippen LogP contribution in [0.25, 0.3) is 0 Å². The van der Waals surface area contributed by atoms with E-state index in [0.717, 1.165) is 25.3 Å². The highest BCUT2D eigenvalue weighted by molar-refractivity contribution is 5.02. The lowest BCUT2D eigenvalue weighted by molar-refractivity contribution is 0.224. The van der Waals surface area contributed by atoms with Gasteiger partial charge in [-0.15, -0.1) is 0 Å². The van der Waals surface area contributed by atoms with E-state index in [1.807, 2.05) is 14.0 Å². The van der Waals surface area contributed by atoms with Gasteiger partial charge in [0, 0.05) is 6.04 Å². The van der Waals surface area contributed by atoms with Gasteiger partial charge in [-0.05, 0) is 66.1 Å². The van der Waals surface area contributed by atoms with E-state index in [9.17, 15) is 0 Å². The SMILES string of the molecule is CNC(C)(C#N)CCCN(C)C(C)C1CC1. The minimum Gasteiger partial charge on any atom is -0.303 e. The molecule has 1 aliphatic rings. The minimum atomic E-state index is -0.357. The average Bonchev–Trinajstić information content (AvgIpc) is 3.11. The van der Waals surface area contributed by atoms with E-state index >= 15 is 0 Å². The molecular formula is C13H25N3. The first kappa shape index (κ1) is 13.5. The molecule has 16 heavy (non-hydrogen) atoms. The van der Waals surface area contributed by atoms with E-state index in [1.165, 1.54) is 12.8 Å². The van der Waals surface area contributed by atoms with E-state index in [-0.39, 0.29) is 5.54 Å². The van der Waals surface area contributed by atoms with Crippen LogP contribution >= 0.6 is 0 Å². The van der Waals surface area contributed by atoms with Crippen LogP contribution < -0.4 is 5.32 Å². The molecule has 2 unspecified atom stereocenters. The molecule has 1 saturated carbocycles.